The largest absolute Gasteiger partial charge is 0.508 e. The van der Waals surface area contributed by atoms with Crippen LogP contribution in [0, 0.1) is 4.77 Å². The minimum atomic E-state index is -4.57. The number of H-pyrrole nitrogens is 2. The minimum Gasteiger partial charge on any atom is -0.508 e. The maximum Gasteiger partial charge on any atom is 0.431 e. The predicted octanol–water partition coefficient (Wildman–Crippen LogP) is 9.38. The molecular weight excluding hydrogens is 1020 g/mol. The fourth-order valence-electron chi connectivity index (χ4n) is 3.97. The van der Waals surface area contributed by atoms with Crippen molar-refractivity contribution >= 4 is 105 Å². The summed E-state index contributed by atoms with van der Waals surface area (Å²) in [4.78, 5) is 24.7. The number of aromatic hydroxyl groups is 1. The highest BCUT2D eigenvalue weighted by Gasteiger charge is 2.32. The monoisotopic (exact) mass is 1050 g/mol. The van der Waals surface area contributed by atoms with Crippen LogP contribution in [0.1, 0.15) is 38.8 Å². The molecule has 4 N–H and O–H groups in total. The van der Waals surface area contributed by atoms with Crippen LogP contribution < -0.4 is 5.56 Å². The average molecular weight is 1060 g/mol. The molecule has 0 fully saturated rings. The molecule has 28 heteroatoms. The van der Waals surface area contributed by atoms with E-state index in [1.54, 1.807) is 55.3 Å². The number of halogens is 12. The third-order valence-corrected chi connectivity index (χ3v) is 9.38. The molecule has 0 amide bonds. The van der Waals surface area contributed by atoms with Gasteiger partial charge in [0.05, 0.1) is 43.6 Å². The summed E-state index contributed by atoms with van der Waals surface area (Å²) < 4.78 is 79.6. The van der Waals surface area contributed by atoms with E-state index in [9.17, 15) is 41.0 Å². The van der Waals surface area contributed by atoms with Crippen molar-refractivity contribution in [1.29, 1.82) is 0 Å². The molecule has 0 aliphatic rings. The number of aldehydes is 1. The van der Waals surface area contributed by atoms with Gasteiger partial charge < -0.3 is 15.2 Å². The van der Waals surface area contributed by atoms with Crippen LogP contribution in [0.5, 0.6) is 5.75 Å². The van der Waals surface area contributed by atoms with E-state index in [0.717, 1.165) is 28.5 Å². The highest BCUT2D eigenvalue weighted by atomic mass is 79.9. The Morgan fingerprint density at radius 2 is 1.25 bits per heavy atom. The van der Waals surface area contributed by atoms with Crippen LogP contribution in [0.15, 0.2) is 58.7 Å². The van der Waals surface area contributed by atoms with Gasteiger partial charge in [0.1, 0.15) is 22.8 Å². The zero-order valence-corrected chi connectivity index (χ0v) is 38.0. The van der Waals surface area contributed by atoms with Crippen LogP contribution in [0.2, 0.25) is 20.1 Å². The van der Waals surface area contributed by atoms with Gasteiger partial charge in [0.2, 0.25) is 0 Å². The van der Waals surface area contributed by atoms with E-state index in [1.165, 1.54) is 15.4 Å². The number of phenolic OH excluding ortho intramolecular Hbond substituents is 1. The number of hydrogen-bond donors (Lipinski definition) is 4. The summed E-state index contributed by atoms with van der Waals surface area (Å²) in [7, 11) is 7.01. The van der Waals surface area contributed by atoms with Crippen molar-refractivity contribution in [3.8, 4) is 5.75 Å². The average Bonchev–Trinajstić information content (AvgIpc) is 3.85. The van der Waals surface area contributed by atoms with E-state index in [-0.39, 0.29) is 23.8 Å². The fourth-order valence-corrected chi connectivity index (χ4v) is 6.72. The molecule has 330 valence electrons. The number of nitrogens with one attached hydrogen (secondary N) is 2. The van der Waals surface area contributed by atoms with Gasteiger partial charge >= 0.3 is 12.4 Å². The van der Waals surface area contributed by atoms with E-state index in [1.807, 2.05) is 17.0 Å². The lowest BCUT2D eigenvalue weighted by atomic mass is 10.2. The van der Waals surface area contributed by atoms with Gasteiger partial charge in [-0.2, -0.15) is 46.7 Å². The molecule has 6 rings (SSSR count). The van der Waals surface area contributed by atoms with Crippen LogP contribution in [-0.4, -0.2) is 65.6 Å². The van der Waals surface area contributed by atoms with Gasteiger partial charge in [-0.15, -0.1) is 24.2 Å². The number of aromatic nitrogens is 10. The number of carbonyl (C=O) groups excluding carboxylic acids is 1. The Labute approximate surface area is 380 Å². The first-order chi connectivity index (χ1) is 27.4. The van der Waals surface area contributed by atoms with Gasteiger partial charge in [0.15, 0.2) is 11.1 Å². The normalized spacial score (nSPS) is 10.7. The van der Waals surface area contributed by atoms with Crippen molar-refractivity contribution in [3.63, 3.8) is 0 Å². The van der Waals surface area contributed by atoms with Gasteiger partial charge in [-0.3, -0.25) is 33.3 Å². The van der Waals surface area contributed by atoms with Crippen LogP contribution in [-0.2, 0) is 58.2 Å². The third kappa shape index (κ3) is 18.6. The first kappa shape index (κ1) is 54.5. The number of aliphatic hydroxyl groups is 1. The number of benzene rings is 1. The molecule has 0 spiro atoms. The lowest BCUT2D eigenvalue weighted by Crippen LogP contribution is -2.15. The van der Waals surface area contributed by atoms with Crippen LogP contribution in [0.25, 0.3) is 0 Å². The molecule has 0 aliphatic heterocycles. The van der Waals surface area contributed by atoms with Crippen LogP contribution in [0.3, 0.4) is 0 Å². The topological polar surface area (TPSA) is 177 Å². The van der Waals surface area contributed by atoms with Crippen molar-refractivity contribution in [2.45, 2.75) is 34.9 Å². The Balaban J connectivity index is 0.000000391. The number of aryl methyl sites for hydroxylation is 4. The Morgan fingerprint density at radius 3 is 1.58 bits per heavy atom. The molecule has 0 radical (unpaired) electrons. The molecule has 0 atom stereocenters. The molecule has 0 unspecified atom stereocenters. The number of nitrogens with zero attached hydrogens (tertiary/aromatic N) is 8. The third-order valence-electron chi connectivity index (χ3n) is 6.42. The smallest absolute Gasteiger partial charge is 0.431 e. The summed E-state index contributed by atoms with van der Waals surface area (Å²) in [6, 6.07) is 3.37. The van der Waals surface area contributed by atoms with Crippen molar-refractivity contribution < 1.29 is 41.4 Å². The summed E-state index contributed by atoms with van der Waals surface area (Å²) in [6.07, 6.45) is -1.82. The SMILES string of the molecule is Cl.Cn1cc(Cl)c(C=O)n1.Cn1cc(Cl)c(CBr)n1.Cn1cc(Cl)c(CO)n1.Cn1cc(Cl)c(CSc2cc(O)cc(C(F)(F)F)c2)n1.O=c1cc(C(F)(F)F)[nH]c(=S)[nH]1. The quantitative estimate of drug-likeness (QED) is 0.0413. The zero-order valence-electron chi connectivity index (χ0n) is 31.0. The molecule has 0 bridgehead atoms. The Morgan fingerprint density at radius 1 is 0.767 bits per heavy atom. The van der Waals surface area contributed by atoms with Gasteiger partial charge in [0.25, 0.3) is 5.56 Å². The summed E-state index contributed by atoms with van der Waals surface area (Å²) >= 11 is 31.5. The molecule has 1 aromatic carbocycles. The number of alkyl halides is 7. The van der Waals surface area contributed by atoms with Gasteiger partial charge in [-0.05, 0) is 30.4 Å². The molecule has 0 saturated heterocycles. The van der Waals surface area contributed by atoms with Gasteiger partial charge in [0, 0.05) is 75.0 Å². The van der Waals surface area contributed by atoms with Gasteiger partial charge in [-0.1, -0.05) is 62.3 Å². The van der Waals surface area contributed by atoms with E-state index >= 15 is 0 Å². The van der Waals surface area contributed by atoms with Crippen molar-refractivity contribution in [1.82, 2.24) is 49.1 Å². The lowest BCUT2D eigenvalue weighted by molar-refractivity contribution is -0.141. The first-order valence-electron chi connectivity index (χ1n) is 15.7. The second-order valence-corrected chi connectivity index (χ2v) is 14.9. The number of carbonyl (C=O) groups is 1. The second-order valence-electron chi connectivity index (χ2n) is 11.2. The summed E-state index contributed by atoms with van der Waals surface area (Å²) in [5.41, 5.74) is -0.608. The van der Waals surface area contributed by atoms with Gasteiger partial charge in [-0.25, -0.2) is 0 Å². The highest BCUT2D eigenvalue weighted by Crippen LogP contribution is 2.36. The Bertz CT molecular complexity index is 2350. The predicted molar refractivity (Wildman–Crippen MR) is 224 cm³/mol. The molecule has 60 heavy (non-hydrogen) atoms. The summed E-state index contributed by atoms with van der Waals surface area (Å²) in [5.74, 6) is -0.102. The number of aliphatic hydroxyl groups excluding tert-OH is 1. The number of hydrogen-bond acceptors (Lipinski definition) is 10. The Kier molecular flexibility index (Phi) is 22.5. The number of rotatable bonds is 6. The minimum absolute atomic E-state index is 0. The maximum absolute atomic E-state index is 12.6. The summed E-state index contributed by atoms with van der Waals surface area (Å²) in [5, 5.41) is 36.5. The van der Waals surface area contributed by atoms with E-state index in [0.29, 0.717) is 66.5 Å². The Hall–Kier alpha value is -3.55. The molecule has 14 nitrogen and oxygen atoms in total. The molecule has 5 aromatic heterocycles. The van der Waals surface area contributed by atoms with Crippen LogP contribution >= 0.6 is 98.7 Å². The van der Waals surface area contributed by atoms with Crippen molar-refractivity contribution in [2.24, 2.45) is 28.2 Å². The standard InChI is InChI=1S/C12H10ClF3N2OS.C5H6BrClN2.C5H7ClN2O.C5H5ClN2O.C5H3F3N2OS.ClH/c1-18-5-10(13)11(17-18)6-20-9-3-7(12(14,15)16)2-8(19)4-9;1-9-3-4(7)5(2-6)8-9;2*1-8-2-4(6)5(3-9)7-8;6-5(7,8)2-1-3(11)10-4(12)9-2;/h2-5,19H,6H2,1H3;3H,2H2,1H3;2,9H,3H2,1H3;2-3H,1H3;1H,(H2,9,10,11,12);1H. The lowest BCUT2D eigenvalue weighted by Gasteiger charge is -2.09. The number of thioether (sulfide) groups is 1. The van der Waals surface area contributed by atoms with E-state index in [4.69, 9.17) is 51.5 Å². The number of aromatic amines is 2. The maximum atomic E-state index is 12.6. The summed E-state index contributed by atoms with van der Waals surface area (Å²) in [6.45, 7) is -0.0975. The van der Waals surface area contributed by atoms with E-state index < -0.39 is 34.9 Å². The molecular formula is C32H32BrCl5F6N10O4S2. The van der Waals surface area contributed by atoms with E-state index in [2.05, 4.69) is 48.5 Å². The molecule has 6 aromatic rings. The molecule has 5 heterocycles. The number of phenols is 1. The fraction of sp³-hybridized carbons (Fsp3) is 0.281. The van der Waals surface area contributed by atoms with Crippen molar-refractivity contribution in [2.75, 3.05) is 0 Å². The highest BCUT2D eigenvalue weighted by molar-refractivity contribution is 9.08. The second kappa shape index (κ2) is 24.8. The zero-order chi connectivity index (χ0) is 44.8. The molecule has 0 aliphatic carbocycles. The first-order valence-corrected chi connectivity index (χ1v) is 19.7. The van der Waals surface area contributed by atoms with Crippen molar-refractivity contribution in [3.05, 3.63) is 118 Å². The molecule has 0 saturated carbocycles. The van der Waals surface area contributed by atoms with Crippen LogP contribution in [0.4, 0.5) is 26.3 Å².